The van der Waals surface area contributed by atoms with Crippen molar-refractivity contribution in [2.75, 3.05) is 11.9 Å². The number of benzene rings is 2. The van der Waals surface area contributed by atoms with Gasteiger partial charge in [-0.05, 0) is 56.0 Å². The van der Waals surface area contributed by atoms with Gasteiger partial charge in [-0.3, -0.25) is 9.36 Å². The van der Waals surface area contributed by atoms with E-state index in [2.05, 4.69) is 10.3 Å². The second kappa shape index (κ2) is 9.44. The maximum Gasteiger partial charge on any atom is 0.348 e. The summed E-state index contributed by atoms with van der Waals surface area (Å²) in [5.41, 5.74) is 1.59. The van der Waals surface area contributed by atoms with Gasteiger partial charge in [-0.1, -0.05) is 31.5 Å². The normalized spacial score (nSPS) is 17.2. The summed E-state index contributed by atoms with van der Waals surface area (Å²) in [7, 11) is -3.66. The van der Waals surface area contributed by atoms with Crippen LogP contribution in [-0.4, -0.2) is 40.8 Å². The Morgan fingerprint density at radius 3 is 2.73 bits per heavy atom. The Balaban J connectivity index is 1.64. The van der Waals surface area contributed by atoms with Crippen LogP contribution in [0.3, 0.4) is 0 Å². The molecule has 2 heterocycles. The highest BCUT2D eigenvalue weighted by Gasteiger charge is 2.31. The fourth-order valence-electron chi connectivity index (χ4n) is 4.34. The smallest absolute Gasteiger partial charge is 0.324 e. The number of rotatable bonds is 6. The molecule has 0 bridgehead atoms. The first kappa shape index (κ1) is 23.1. The van der Waals surface area contributed by atoms with Crippen molar-refractivity contribution in [1.29, 1.82) is 0 Å². The van der Waals surface area contributed by atoms with Crippen molar-refractivity contribution >= 4 is 32.5 Å². The molecule has 1 aliphatic rings. The third-order valence-corrected chi connectivity index (χ3v) is 8.17. The number of hydrogen-bond acceptors (Lipinski definition) is 5. The molecule has 3 aromatic rings. The molecule has 1 saturated heterocycles. The molecule has 0 radical (unpaired) electrons. The van der Waals surface area contributed by atoms with Gasteiger partial charge in [0.1, 0.15) is 6.54 Å². The first-order chi connectivity index (χ1) is 15.8. The second-order valence-electron chi connectivity index (χ2n) is 8.37. The molecule has 174 valence electrons. The van der Waals surface area contributed by atoms with E-state index in [1.165, 1.54) is 22.9 Å². The van der Waals surface area contributed by atoms with Gasteiger partial charge < -0.3 is 5.32 Å². The monoisotopic (exact) mass is 468 g/mol. The minimum atomic E-state index is -3.66. The zero-order chi connectivity index (χ0) is 23.6. The molecule has 1 aromatic heterocycles. The van der Waals surface area contributed by atoms with E-state index < -0.39 is 15.7 Å². The molecule has 1 unspecified atom stereocenters. The lowest BCUT2D eigenvalue weighted by Crippen LogP contribution is -2.41. The van der Waals surface area contributed by atoms with Gasteiger partial charge in [0, 0.05) is 29.9 Å². The van der Waals surface area contributed by atoms with Gasteiger partial charge in [0.05, 0.1) is 10.4 Å². The molecule has 9 heteroatoms. The average Bonchev–Trinajstić information content (AvgIpc) is 2.81. The van der Waals surface area contributed by atoms with Crippen molar-refractivity contribution < 1.29 is 13.2 Å². The number of piperidine rings is 1. The maximum absolute atomic E-state index is 13.2. The molecule has 33 heavy (non-hydrogen) atoms. The van der Waals surface area contributed by atoms with E-state index in [1.54, 1.807) is 10.4 Å². The summed E-state index contributed by atoms with van der Waals surface area (Å²) in [6, 6.07) is 12.0. The third-order valence-electron chi connectivity index (χ3n) is 6.16. The SMILES string of the molecule is CCc1ccccc1NC(=O)Cn1c(=O)ncc2cc(S(=O)(=O)N3CCCCC3C)ccc21. The van der Waals surface area contributed by atoms with Crippen LogP contribution >= 0.6 is 0 Å². The molecule has 1 aliphatic heterocycles. The van der Waals surface area contributed by atoms with E-state index in [4.69, 9.17) is 0 Å². The lowest BCUT2D eigenvalue weighted by molar-refractivity contribution is -0.116. The predicted molar refractivity (Wildman–Crippen MR) is 128 cm³/mol. The third kappa shape index (κ3) is 4.69. The largest absolute Gasteiger partial charge is 0.348 e. The number of fused-ring (bicyclic) bond motifs is 1. The molecule has 1 fully saturated rings. The van der Waals surface area contributed by atoms with Crippen LogP contribution in [-0.2, 0) is 27.8 Å². The fourth-order valence-corrected chi connectivity index (χ4v) is 6.08. The topological polar surface area (TPSA) is 101 Å². The number of aryl methyl sites for hydroxylation is 1. The number of nitrogens with one attached hydrogen (secondary N) is 1. The van der Waals surface area contributed by atoms with Crippen LogP contribution in [0.4, 0.5) is 5.69 Å². The molecule has 4 rings (SSSR count). The van der Waals surface area contributed by atoms with Crippen LogP contribution in [0, 0.1) is 0 Å². The summed E-state index contributed by atoms with van der Waals surface area (Å²) in [5, 5.41) is 3.34. The van der Waals surface area contributed by atoms with Crippen molar-refractivity contribution in [3.63, 3.8) is 0 Å². The Morgan fingerprint density at radius 2 is 1.97 bits per heavy atom. The number of amides is 1. The van der Waals surface area contributed by atoms with Crippen molar-refractivity contribution in [2.24, 2.45) is 0 Å². The predicted octanol–water partition coefficient (Wildman–Crippen LogP) is 3.16. The van der Waals surface area contributed by atoms with E-state index in [0.717, 1.165) is 31.2 Å². The Morgan fingerprint density at radius 1 is 1.18 bits per heavy atom. The Kier molecular flexibility index (Phi) is 6.62. The molecular weight excluding hydrogens is 440 g/mol. The summed E-state index contributed by atoms with van der Waals surface area (Å²) in [6.07, 6.45) is 4.82. The first-order valence-corrected chi connectivity index (χ1v) is 12.6. The minimum absolute atomic E-state index is 0.0544. The van der Waals surface area contributed by atoms with Gasteiger partial charge >= 0.3 is 5.69 Å². The zero-order valence-electron chi connectivity index (χ0n) is 18.8. The van der Waals surface area contributed by atoms with Crippen LogP contribution in [0.2, 0.25) is 0 Å². The van der Waals surface area contributed by atoms with Gasteiger partial charge in [0.2, 0.25) is 15.9 Å². The number of hydrogen-bond donors (Lipinski definition) is 1. The summed E-state index contributed by atoms with van der Waals surface area (Å²) in [5.74, 6) is -0.355. The van der Waals surface area contributed by atoms with Crippen molar-refractivity contribution in [1.82, 2.24) is 13.9 Å². The molecular formula is C24H28N4O4S. The number of nitrogens with zero attached hydrogens (tertiary/aromatic N) is 3. The fraction of sp³-hybridized carbons (Fsp3) is 0.375. The number of carbonyl (C=O) groups is 1. The number of aromatic nitrogens is 2. The molecule has 0 aliphatic carbocycles. The Labute approximate surface area is 193 Å². The summed E-state index contributed by atoms with van der Waals surface area (Å²) in [6.45, 7) is 4.20. The van der Waals surface area contributed by atoms with Gasteiger partial charge in [-0.25, -0.2) is 18.2 Å². The van der Waals surface area contributed by atoms with Crippen LogP contribution in [0.25, 0.3) is 10.9 Å². The van der Waals surface area contributed by atoms with E-state index in [-0.39, 0.29) is 23.4 Å². The van der Waals surface area contributed by atoms with E-state index in [1.807, 2.05) is 38.1 Å². The summed E-state index contributed by atoms with van der Waals surface area (Å²) >= 11 is 0. The van der Waals surface area contributed by atoms with Gasteiger partial charge in [0.15, 0.2) is 0 Å². The average molecular weight is 469 g/mol. The highest BCUT2D eigenvalue weighted by Crippen LogP contribution is 2.27. The number of anilines is 1. The first-order valence-electron chi connectivity index (χ1n) is 11.2. The Bertz CT molecular complexity index is 1350. The zero-order valence-corrected chi connectivity index (χ0v) is 19.6. The summed E-state index contributed by atoms with van der Waals surface area (Å²) in [4.78, 5) is 29.2. The lowest BCUT2D eigenvalue weighted by Gasteiger charge is -2.32. The molecule has 1 atom stereocenters. The van der Waals surface area contributed by atoms with E-state index >= 15 is 0 Å². The lowest BCUT2D eigenvalue weighted by atomic mass is 10.1. The van der Waals surface area contributed by atoms with Gasteiger partial charge in [0.25, 0.3) is 0 Å². The molecule has 1 amide bonds. The van der Waals surface area contributed by atoms with Crippen LogP contribution in [0.5, 0.6) is 0 Å². The highest BCUT2D eigenvalue weighted by atomic mass is 32.2. The molecule has 2 aromatic carbocycles. The maximum atomic E-state index is 13.2. The van der Waals surface area contributed by atoms with Crippen molar-refractivity contribution in [3.05, 3.63) is 64.7 Å². The van der Waals surface area contributed by atoms with Crippen LogP contribution in [0.15, 0.2) is 58.4 Å². The standard InChI is InChI=1S/C24H28N4O4S/c1-3-18-9-4-5-10-21(18)26-23(29)16-27-22-12-11-20(14-19(22)15-25-24(27)30)33(31,32)28-13-7-6-8-17(28)2/h4-5,9-12,14-15,17H,3,6-8,13,16H2,1-2H3,(H,26,29). The summed E-state index contributed by atoms with van der Waals surface area (Å²) < 4.78 is 29.2. The number of para-hydroxylation sites is 1. The molecule has 0 saturated carbocycles. The van der Waals surface area contributed by atoms with Crippen molar-refractivity contribution in [2.45, 2.75) is 57.0 Å². The minimum Gasteiger partial charge on any atom is -0.324 e. The molecule has 1 N–H and O–H groups in total. The second-order valence-corrected chi connectivity index (χ2v) is 10.3. The van der Waals surface area contributed by atoms with Crippen molar-refractivity contribution in [3.8, 4) is 0 Å². The quantitative estimate of drug-likeness (QED) is 0.599. The Hall–Kier alpha value is -3.04. The highest BCUT2D eigenvalue weighted by molar-refractivity contribution is 7.89. The number of sulfonamides is 1. The van der Waals surface area contributed by atoms with Crippen LogP contribution in [0.1, 0.15) is 38.7 Å². The van der Waals surface area contributed by atoms with E-state index in [0.29, 0.717) is 23.1 Å². The van der Waals surface area contributed by atoms with Crippen LogP contribution < -0.4 is 11.0 Å². The molecule has 8 nitrogen and oxygen atoms in total. The van der Waals surface area contributed by atoms with Gasteiger partial charge in [-0.15, -0.1) is 0 Å². The number of carbonyl (C=O) groups excluding carboxylic acids is 1. The van der Waals surface area contributed by atoms with E-state index in [9.17, 15) is 18.0 Å². The van der Waals surface area contributed by atoms with Gasteiger partial charge in [-0.2, -0.15) is 4.31 Å². The molecule has 0 spiro atoms.